The number of carboxylic acids is 1. The normalized spacial score (nSPS) is 21.6. The molecule has 0 heterocycles. The molecule has 1 atom stereocenters. The third kappa shape index (κ3) is 1.61. The van der Waals surface area contributed by atoms with Crippen molar-refractivity contribution < 1.29 is 14.7 Å². The highest BCUT2D eigenvalue weighted by Gasteiger charge is 2.48. The van der Waals surface area contributed by atoms with Crippen molar-refractivity contribution in [3.05, 3.63) is 0 Å². The van der Waals surface area contributed by atoms with Crippen molar-refractivity contribution >= 4 is 11.9 Å². The lowest BCUT2D eigenvalue weighted by atomic mass is 9.75. The first-order chi connectivity index (χ1) is 6.53. The zero-order valence-corrected chi connectivity index (χ0v) is 8.67. The number of nitrogens with one attached hydrogen (secondary N) is 1. The van der Waals surface area contributed by atoms with E-state index in [0.29, 0.717) is 0 Å². The molecule has 80 valence electrons. The van der Waals surface area contributed by atoms with E-state index in [-0.39, 0.29) is 11.8 Å². The van der Waals surface area contributed by atoms with Crippen LogP contribution in [0.4, 0.5) is 0 Å². The van der Waals surface area contributed by atoms with Crippen LogP contribution in [-0.4, -0.2) is 24.0 Å². The molecule has 4 heteroatoms. The van der Waals surface area contributed by atoms with Gasteiger partial charge in [0.25, 0.3) is 0 Å². The van der Waals surface area contributed by atoms with E-state index >= 15 is 0 Å². The summed E-state index contributed by atoms with van der Waals surface area (Å²) < 4.78 is 0. The minimum Gasteiger partial charge on any atom is -0.480 e. The third-order valence-electron chi connectivity index (χ3n) is 3.31. The maximum Gasteiger partial charge on any atom is 0.319 e. The Morgan fingerprint density at radius 3 is 2.21 bits per heavy atom. The van der Waals surface area contributed by atoms with Crippen molar-refractivity contribution in [3.63, 3.8) is 0 Å². The number of rotatable bonds is 3. The first-order valence-electron chi connectivity index (χ1n) is 4.99. The topological polar surface area (TPSA) is 66.4 Å². The maximum absolute atomic E-state index is 11.6. The van der Waals surface area contributed by atoms with E-state index in [2.05, 4.69) is 5.32 Å². The smallest absolute Gasteiger partial charge is 0.319 e. The van der Waals surface area contributed by atoms with Gasteiger partial charge >= 0.3 is 5.97 Å². The fraction of sp³-hybridized carbons (Fsp3) is 0.800. The fourth-order valence-electron chi connectivity index (χ4n) is 2.22. The first-order valence-corrected chi connectivity index (χ1v) is 4.99. The van der Waals surface area contributed by atoms with Crippen LogP contribution in [0, 0.1) is 11.3 Å². The lowest BCUT2D eigenvalue weighted by molar-refractivity contribution is -0.158. The van der Waals surface area contributed by atoms with Gasteiger partial charge in [-0.3, -0.25) is 9.59 Å². The summed E-state index contributed by atoms with van der Waals surface area (Å²) in [6.07, 6.45) is 3.75. The summed E-state index contributed by atoms with van der Waals surface area (Å²) in [5, 5.41) is 11.6. The summed E-state index contributed by atoms with van der Waals surface area (Å²) in [5.74, 6) is -1.40. The van der Waals surface area contributed by atoms with Gasteiger partial charge < -0.3 is 10.4 Å². The summed E-state index contributed by atoms with van der Waals surface area (Å²) >= 11 is 0. The second-order valence-electron chi connectivity index (χ2n) is 4.07. The van der Waals surface area contributed by atoms with Gasteiger partial charge in [0.2, 0.25) is 5.91 Å². The number of aliphatic carboxylic acids is 1. The molecule has 1 aliphatic carbocycles. The number of hydrogen-bond acceptors (Lipinski definition) is 2. The molecule has 1 amide bonds. The van der Waals surface area contributed by atoms with Gasteiger partial charge in [-0.25, -0.2) is 0 Å². The Hall–Kier alpha value is -1.06. The predicted octanol–water partition coefficient (Wildman–Crippen LogP) is 1.01. The Morgan fingerprint density at radius 2 is 1.86 bits per heavy atom. The average molecular weight is 199 g/mol. The van der Waals surface area contributed by atoms with Crippen molar-refractivity contribution in [3.8, 4) is 0 Å². The zero-order valence-electron chi connectivity index (χ0n) is 8.67. The predicted molar refractivity (Wildman–Crippen MR) is 51.8 cm³/mol. The lowest BCUT2D eigenvalue weighted by Gasteiger charge is -2.29. The van der Waals surface area contributed by atoms with Crippen LogP contribution in [0.25, 0.3) is 0 Å². The van der Waals surface area contributed by atoms with Crippen LogP contribution in [0.1, 0.15) is 32.6 Å². The molecule has 0 aromatic heterocycles. The summed E-state index contributed by atoms with van der Waals surface area (Å²) in [6.45, 7) is 1.53. The van der Waals surface area contributed by atoms with Crippen molar-refractivity contribution in [1.29, 1.82) is 0 Å². The average Bonchev–Trinajstić information content (AvgIpc) is 2.68. The summed E-state index contributed by atoms with van der Waals surface area (Å²) in [4.78, 5) is 22.7. The Kier molecular flexibility index (Phi) is 3.13. The molecule has 0 bridgehead atoms. The zero-order chi connectivity index (χ0) is 10.8. The van der Waals surface area contributed by atoms with E-state index in [1.165, 1.54) is 14.0 Å². The molecule has 1 rings (SSSR count). The van der Waals surface area contributed by atoms with Gasteiger partial charge in [-0.05, 0) is 25.7 Å². The van der Waals surface area contributed by atoms with Crippen molar-refractivity contribution in [2.24, 2.45) is 11.3 Å². The van der Waals surface area contributed by atoms with Gasteiger partial charge in [-0.1, -0.05) is 12.8 Å². The molecule has 14 heavy (non-hydrogen) atoms. The minimum absolute atomic E-state index is 0.0139. The van der Waals surface area contributed by atoms with Gasteiger partial charge in [0, 0.05) is 7.05 Å². The Balaban J connectivity index is 2.90. The molecule has 2 N–H and O–H groups in total. The van der Waals surface area contributed by atoms with E-state index < -0.39 is 11.4 Å². The van der Waals surface area contributed by atoms with Crippen molar-refractivity contribution in [2.75, 3.05) is 7.05 Å². The highest BCUT2D eigenvalue weighted by molar-refractivity contribution is 6.01. The number of amides is 1. The van der Waals surface area contributed by atoms with Crippen LogP contribution in [0.3, 0.4) is 0 Å². The van der Waals surface area contributed by atoms with E-state index in [4.69, 9.17) is 5.11 Å². The highest BCUT2D eigenvalue weighted by atomic mass is 16.4. The number of carboxylic acid groups (broad SMARTS) is 1. The number of hydrogen-bond donors (Lipinski definition) is 2. The molecule has 0 radical (unpaired) electrons. The molecule has 0 aromatic rings. The van der Waals surface area contributed by atoms with Crippen molar-refractivity contribution in [1.82, 2.24) is 5.32 Å². The van der Waals surface area contributed by atoms with Gasteiger partial charge in [0.05, 0.1) is 0 Å². The largest absolute Gasteiger partial charge is 0.480 e. The minimum atomic E-state index is -1.24. The van der Waals surface area contributed by atoms with E-state index in [9.17, 15) is 9.59 Å². The molecule has 1 fully saturated rings. The van der Waals surface area contributed by atoms with Crippen LogP contribution in [0.5, 0.6) is 0 Å². The highest BCUT2D eigenvalue weighted by Crippen LogP contribution is 2.40. The molecular formula is C10H17NO3. The number of carbonyl (C=O) groups excluding carboxylic acids is 1. The van der Waals surface area contributed by atoms with E-state index in [1.807, 2.05) is 0 Å². The van der Waals surface area contributed by atoms with Gasteiger partial charge in [-0.2, -0.15) is 0 Å². The van der Waals surface area contributed by atoms with Crippen molar-refractivity contribution in [2.45, 2.75) is 32.6 Å². The van der Waals surface area contributed by atoms with Crippen LogP contribution in [0.15, 0.2) is 0 Å². The van der Waals surface area contributed by atoms with Crippen LogP contribution < -0.4 is 5.32 Å². The van der Waals surface area contributed by atoms with E-state index in [0.717, 1.165) is 25.7 Å². The second-order valence-corrected chi connectivity index (χ2v) is 4.07. The molecule has 0 aliphatic heterocycles. The second kappa shape index (κ2) is 3.98. The fourth-order valence-corrected chi connectivity index (χ4v) is 2.22. The molecule has 1 aliphatic rings. The third-order valence-corrected chi connectivity index (χ3v) is 3.31. The lowest BCUT2D eigenvalue weighted by Crippen LogP contribution is -2.47. The number of carbonyl (C=O) groups is 2. The monoisotopic (exact) mass is 199 g/mol. The quantitative estimate of drug-likeness (QED) is 0.667. The van der Waals surface area contributed by atoms with E-state index in [1.54, 1.807) is 0 Å². The molecule has 4 nitrogen and oxygen atoms in total. The first kappa shape index (κ1) is 11.0. The Morgan fingerprint density at radius 1 is 1.36 bits per heavy atom. The summed E-state index contributed by atoms with van der Waals surface area (Å²) in [5.41, 5.74) is -1.24. The SMILES string of the molecule is CNC(=O)C(C)(C(=O)O)C1CCCC1. The van der Waals surface area contributed by atoms with Crippen LogP contribution in [0.2, 0.25) is 0 Å². The van der Waals surface area contributed by atoms with Gasteiger partial charge in [0.1, 0.15) is 5.41 Å². The Bertz CT molecular complexity index is 246. The maximum atomic E-state index is 11.6. The van der Waals surface area contributed by atoms with Crippen LogP contribution in [-0.2, 0) is 9.59 Å². The molecule has 0 aromatic carbocycles. The van der Waals surface area contributed by atoms with Gasteiger partial charge in [0.15, 0.2) is 0 Å². The standard InChI is InChI=1S/C10H17NO3/c1-10(9(13)14,8(12)11-2)7-5-3-4-6-7/h7H,3-6H2,1-2H3,(H,11,12)(H,13,14). The molecule has 0 saturated heterocycles. The Labute approximate surface area is 83.7 Å². The van der Waals surface area contributed by atoms with Gasteiger partial charge in [-0.15, -0.1) is 0 Å². The molecule has 1 saturated carbocycles. The summed E-state index contributed by atoms with van der Waals surface area (Å²) in [6, 6.07) is 0. The van der Waals surface area contributed by atoms with Crippen LogP contribution >= 0.6 is 0 Å². The molecular weight excluding hydrogens is 182 g/mol. The summed E-state index contributed by atoms with van der Waals surface area (Å²) in [7, 11) is 1.48. The molecule has 0 spiro atoms. The molecule has 1 unspecified atom stereocenters.